The molecule has 0 spiro atoms. The Labute approximate surface area is 170 Å². The first-order valence-corrected chi connectivity index (χ1v) is 11.2. The predicted molar refractivity (Wildman–Crippen MR) is 113 cm³/mol. The highest BCUT2D eigenvalue weighted by molar-refractivity contribution is 5.78. The van der Waals surface area contributed by atoms with Crippen molar-refractivity contribution in [2.45, 2.75) is 71.1 Å². The van der Waals surface area contributed by atoms with Gasteiger partial charge in [0.05, 0.1) is 0 Å². The Morgan fingerprint density at radius 2 is 1.43 bits per heavy atom. The van der Waals surface area contributed by atoms with E-state index in [9.17, 15) is 9.59 Å². The van der Waals surface area contributed by atoms with Gasteiger partial charge in [0.25, 0.3) is 0 Å². The molecule has 0 bridgehead atoms. The number of hydrogen-bond donors (Lipinski definition) is 0. The van der Waals surface area contributed by atoms with E-state index in [1.165, 1.54) is 36.8 Å². The molecule has 1 heterocycles. The third-order valence-corrected chi connectivity index (χ3v) is 6.45. The fourth-order valence-corrected chi connectivity index (χ4v) is 4.51. The summed E-state index contributed by atoms with van der Waals surface area (Å²) in [5, 5.41) is 0. The maximum atomic E-state index is 12.5. The molecule has 1 aromatic carbocycles. The lowest BCUT2D eigenvalue weighted by atomic mass is 10.0. The van der Waals surface area contributed by atoms with Crippen LogP contribution in [0.4, 0.5) is 0 Å². The first kappa shape index (κ1) is 20.9. The zero-order chi connectivity index (χ0) is 19.8. The van der Waals surface area contributed by atoms with E-state index in [1.54, 1.807) is 0 Å². The van der Waals surface area contributed by atoms with Crippen molar-refractivity contribution in [3.05, 3.63) is 35.4 Å². The van der Waals surface area contributed by atoms with Gasteiger partial charge in [0, 0.05) is 39.0 Å². The van der Waals surface area contributed by atoms with Crippen molar-refractivity contribution < 1.29 is 9.59 Å². The smallest absolute Gasteiger partial charge is 0.222 e. The Kier molecular flexibility index (Phi) is 7.93. The van der Waals surface area contributed by atoms with E-state index in [1.807, 2.05) is 9.80 Å². The molecular formula is C24H36N2O2. The lowest BCUT2D eigenvalue weighted by Crippen LogP contribution is -2.50. The van der Waals surface area contributed by atoms with E-state index in [-0.39, 0.29) is 11.8 Å². The van der Waals surface area contributed by atoms with Crippen molar-refractivity contribution in [2.24, 2.45) is 5.92 Å². The lowest BCUT2D eigenvalue weighted by molar-refractivity contribution is -0.139. The van der Waals surface area contributed by atoms with Gasteiger partial charge < -0.3 is 9.80 Å². The molecule has 0 N–H and O–H groups in total. The van der Waals surface area contributed by atoms with Gasteiger partial charge in [-0.05, 0) is 44.1 Å². The number of carbonyl (C=O) groups excluding carboxylic acids is 2. The van der Waals surface area contributed by atoms with Crippen LogP contribution >= 0.6 is 0 Å². The second-order valence-electron chi connectivity index (χ2n) is 8.64. The molecule has 0 aromatic heterocycles. The number of hydrogen-bond acceptors (Lipinski definition) is 2. The summed E-state index contributed by atoms with van der Waals surface area (Å²) in [6.07, 6.45) is 10.7. The predicted octanol–water partition coefficient (Wildman–Crippen LogP) is 4.35. The van der Waals surface area contributed by atoms with Crippen LogP contribution in [0.3, 0.4) is 0 Å². The number of unbranched alkanes of at least 4 members (excludes halogenated alkanes) is 1. The molecule has 1 aliphatic heterocycles. The summed E-state index contributed by atoms with van der Waals surface area (Å²) in [7, 11) is 0. The van der Waals surface area contributed by atoms with E-state index in [2.05, 4.69) is 31.2 Å². The van der Waals surface area contributed by atoms with Crippen LogP contribution in [0.5, 0.6) is 0 Å². The summed E-state index contributed by atoms with van der Waals surface area (Å²) >= 11 is 0. The number of benzene rings is 1. The Hall–Kier alpha value is -1.84. The summed E-state index contributed by atoms with van der Waals surface area (Å²) < 4.78 is 0. The topological polar surface area (TPSA) is 40.6 Å². The number of rotatable bonds is 8. The maximum Gasteiger partial charge on any atom is 0.222 e. The van der Waals surface area contributed by atoms with E-state index < -0.39 is 0 Å². The highest BCUT2D eigenvalue weighted by atomic mass is 16.2. The van der Waals surface area contributed by atoms with Crippen LogP contribution in [0.25, 0.3) is 0 Å². The third kappa shape index (κ3) is 6.35. The SMILES string of the molecule is Cc1ccc(CCCCC(=O)N2CCN(C(=O)CCC3CCCC3)CC2)cc1. The van der Waals surface area contributed by atoms with Crippen LogP contribution in [-0.2, 0) is 16.0 Å². The van der Waals surface area contributed by atoms with Crippen LogP contribution in [0, 0.1) is 12.8 Å². The number of piperazine rings is 1. The lowest BCUT2D eigenvalue weighted by Gasteiger charge is -2.35. The summed E-state index contributed by atoms with van der Waals surface area (Å²) in [5.74, 6) is 1.31. The van der Waals surface area contributed by atoms with Gasteiger partial charge in [-0.15, -0.1) is 0 Å². The molecule has 0 atom stereocenters. The Balaban J connectivity index is 1.28. The highest BCUT2D eigenvalue weighted by Gasteiger charge is 2.24. The highest BCUT2D eigenvalue weighted by Crippen LogP contribution is 2.28. The standard InChI is InChI=1S/C24H36N2O2/c1-20-10-12-22(13-11-20)8-4-5-9-23(27)25-16-18-26(19-17-25)24(28)15-14-21-6-2-3-7-21/h10-13,21H,2-9,14-19H2,1H3. The second-order valence-corrected chi connectivity index (χ2v) is 8.64. The zero-order valence-electron chi connectivity index (χ0n) is 17.5. The molecule has 28 heavy (non-hydrogen) atoms. The molecule has 0 unspecified atom stereocenters. The molecule has 2 aliphatic rings. The normalized spacial score (nSPS) is 17.9. The second kappa shape index (κ2) is 10.6. The molecule has 2 amide bonds. The largest absolute Gasteiger partial charge is 0.339 e. The first-order chi connectivity index (χ1) is 13.6. The monoisotopic (exact) mass is 384 g/mol. The molecule has 4 nitrogen and oxygen atoms in total. The van der Waals surface area contributed by atoms with Crippen LogP contribution in [0.2, 0.25) is 0 Å². The fraction of sp³-hybridized carbons (Fsp3) is 0.667. The summed E-state index contributed by atoms with van der Waals surface area (Å²) in [4.78, 5) is 28.8. The van der Waals surface area contributed by atoms with Gasteiger partial charge in [-0.3, -0.25) is 9.59 Å². The summed E-state index contributed by atoms with van der Waals surface area (Å²) in [6.45, 7) is 4.92. The van der Waals surface area contributed by atoms with Gasteiger partial charge in [-0.25, -0.2) is 0 Å². The first-order valence-electron chi connectivity index (χ1n) is 11.2. The Morgan fingerprint density at radius 1 is 0.857 bits per heavy atom. The van der Waals surface area contributed by atoms with Crippen LogP contribution in [-0.4, -0.2) is 47.8 Å². The van der Waals surface area contributed by atoms with Crippen molar-refractivity contribution >= 4 is 11.8 Å². The summed E-state index contributed by atoms with van der Waals surface area (Å²) in [6, 6.07) is 8.66. The minimum atomic E-state index is 0.252. The quantitative estimate of drug-likeness (QED) is 0.625. The van der Waals surface area contributed by atoms with Crippen LogP contribution in [0.1, 0.15) is 68.9 Å². The third-order valence-electron chi connectivity index (χ3n) is 6.45. The van der Waals surface area contributed by atoms with Crippen LogP contribution in [0.15, 0.2) is 24.3 Å². The fourth-order valence-electron chi connectivity index (χ4n) is 4.51. The van der Waals surface area contributed by atoms with Crippen molar-refractivity contribution in [3.8, 4) is 0 Å². The molecule has 4 heteroatoms. The van der Waals surface area contributed by atoms with Gasteiger partial charge in [0.1, 0.15) is 0 Å². The van der Waals surface area contributed by atoms with Gasteiger partial charge in [0.15, 0.2) is 0 Å². The molecule has 1 saturated carbocycles. The van der Waals surface area contributed by atoms with Gasteiger partial charge in [0.2, 0.25) is 11.8 Å². The average molecular weight is 385 g/mol. The van der Waals surface area contributed by atoms with Gasteiger partial charge in [-0.1, -0.05) is 55.5 Å². The van der Waals surface area contributed by atoms with E-state index in [0.717, 1.165) is 31.6 Å². The average Bonchev–Trinajstić information content (AvgIpc) is 3.24. The van der Waals surface area contributed by atoms with Crippen molar-refractivity contribution in [3.63, 3.8) is 0 Å². The van der Waals surface area contributed by atoms with Crippen molar-refractivity contribution in [1.82, 2.24) is 9.80 Å². The van der Waals surface area contributed by atoms with E-state index in [0.29, 0.717) is 39.0 Å². The van der Waals surface area contributed by atoms with E-state index >= 15 is 0 Å². The molecular weight excluding hydrogens is 348 g/mol. The number of amides is 2. The number of aryl methyl sites for hydroxylation is 2. The molecule has 1 aromatic rings. The molecule has 3 rings (SSSR count). The maximum absolute atomic E-state index is 12.5. The molecule has 1 aliphatic carbocycles. The molecule has 1 saturated heterocycles. The molecule has 0 radical (unpaired) electrons. The number of carbonyl (C=O) groups is 2. The minimum Gasteiger partial charge on any atom is -0.339 e. The summed E-state index contributed by atoms with van der Waals surface area (Å²) in [5.41, 5.74) is 2.64. The van der Waals surface area contributed by atoms with Gasteiger partial charge >= 0.3 is 0 Å². The van der Waals surface area contributed by atoms with E-state index in [4.69, 9.17) is 0 Å². The van der Waals surface area contributed by atoms with Crippen LogP contribution < -0.4 is 0 Å². The van der Waals surface area contributed by atoms with Gasteiger partial charge in [-0.2, -0.15) is 0 Å². The Morgan fingerprint density at radius 3 is 2.04 bits per heavy atom. The molecule has 2 fully saturated rings. The molecule has 154 valence electrons. The zero-order valence-corrected chi connectivity index (χ0v) is 17.5. The minimum absolute atomic E-state index is 0.252. The van der Waals surface area contributed by atoms with Crippen molar-refractivity contribution in [2.75, 3.05) is 26.2 Å². The Bertz CT molecular complexity index is 627. The van der Waals surface area contributed by atoms with Crippen molar-refractivity contribution in [1.29, 1.82) is 0 Å². The number of nitrogens with zero attached hydrogens (tertiary/aromatic N) is 2.